The van der Waals surface area contributed by atoms with Crippen LogP contribution in [0.25, 0.3) is 10.9 Å². The maximum absolute atomic E-state index is 13.5. The van der Waals surface area contributed by atoms with E-state index in [1.165, 1.54) is 11.1 Å². The van der Waals surface area contributed by atoms with Gasteiger partial charge in [-0.15, -0.1) is 0 Å². The maximum atomic E-state index is 13.5. The van der Waals surface area contributed by atoms with Crippen LogP contribution < -0.4 is 4.74 Å². The molecule has 6 nitrogen and oxygen atoms in total. The van der Waals surface area contributed by atoms with E-state index in [0.29, 0.717) is 46.7 Å². The molecule has 0 aliphatic heterocycles. The van der Waals surface area contributed by atoms with Crippen LogP contribution in [0.1, 0.15) is 19.5 Å². The number of nitrogens with zero attached hydrogens (tertiary/aromatic N) is 1. The molecule has 0 amide bonds. The molecule has 0 spiro atoms. The predicted octanol–water partition coefficient (Wildman–Crippen LogP) is 5.43. The van der Waals surface area contributed by atoms with Crippen molar-refractivity contribution in [3.05, 3.63) is 59.2 Å². The average molecular weight is 456 g/mol. The Morgan fingerprint density at radius 3 is 2.28 bits per heavy atom. The highest BCUT2D eigenvalue weighted by Gasteiger charge is 2.26. The highest BCUT2D eigenvalue weighted by molar-refractivity contribution is 7.90. The lowest BCUT2D eigenvalue weighted by atomic mass is 10.2. The summed E-state index contributed by atoms with van der Waals surface area (Å²) >= 11 is 6.27. The summed E-state index contributed by atoms with van der Waals surface area (Å²) in [5.41, 5.74) is 1.06. The van der Waals surface area contributed by atoms with Crippen molar-refractivity contribution in [3.8, 4) is 5.75 Å². The van der Waals surface area contributed by atoms with Crippen LogP contribution in [0, 0.1) is 0 Å². The van der Waals surface area contributed by atoms with Gasteiger partial charge in [0, 0.05) is 17.1 Å². The summed E-state index contributed by atoms with van der Waals surface area (Å²) in [5.74, 6) is 0.408. The summed E-state index contributed by atoms with van der Waals surface area (Å²) in [4.78, 5) is 0.199. The number of hydrogen-bond donors (Lipinski definition) is 0. The minimum absolute atomic E-state index is 0.199. The van der Waals surface area contributed by atoms with Gasteiger partial charge in [0.2, 0.25) is 0 Å². The topological polar surface area (TPSA) is 66.8 Å². The molecule has 3 aromatic rings. The number of halogens is 1. The van der Waals surface area contributed by atoms with Crippen molar-refractivity contribution in [2.24, 2.45) is 0 Å². The molecular formula is C20H23ClNO5PS. The van der Waals surface area contributed by atoms with E-state index in [1.54, 1.807) is 42.5 Å². The van der Waals surface area contributed by atoms with Gasteiger partial charge in [0.15, 0.2) is 8.38 Å². The number of benzene rings is 2. The summed E-state index contributed by atoms with van der Waals surface area (Å²) in [6, 6.07) is 13.5. The Kier molecular flexibility index (Phi) is 7.19. The highest BCUT2D eigenvalue weighted by Crippen LogP contribution is 2.44. The molecule has 0 aliphatic rings. The lowest BCUT2D eigenvalue weighted by molar-refractivity contribution is 0.268. The van der Waals surface area contributed by atoms with Crippen LogP contribution in [0.5, 0.6) is 5.75 Å². The van der Waals surface area contributed by atoms with Gasteiger partial charge in [-0.25, -0.2) is 12.4 Å². The van der Waals surface area contributed by atoms with Crippen LogP contribution in [-0.2, 0) is 25.2 Å². The second kappa shape index (κ2) is 9.45. The molecular weight excluding hydrogens is 433 g/mol. The fraction of sp³-hybridized carbons (Fsp3) is 0.300. The first-order chi connectivity index (χ1) is 13.9. The van der Waals surface area contributed by atoms with Crippen LogP contribution >= 0.6 is 20.0 Å². The predicted molar refractivity (Wildman–Crippen MR) is 116 cm³/mol. The molecule has 0 bridgehead atoms. The van der Waals surface area contributed by atoms with E-state index in [4.69, 9.17) is 25.4 Å². The number of hydrogen-bond acceptors (Lipinski definition) is 5. The SMILES string of the molecule is CCOP(Cc1cc2cc(Cl)c(OC)cc2n1S(=O)(=O)c1ccccc1)OCC. The molecule has 0 atom stereocenters. The summed E-state index contributed by atoms with van der Waals surface area (Å²) < 4.78 is 45.1. The number of rotatable bonds is 9. The first-order valence-electron chi connectivity index (χ1n) is 9.14. The van der Waals surface area contributed by atoms with Gasteiger partial charge in [0.25, 0.3) is 10.0 Å². The van der Waals surface area contributed by atoms with Crippen molar-refractivity contribution in [3.63, 3.8) is 0 Å². The van der Waals surface area contributed by atoms with E-state index in [9.17, 15) is 8.42 Å². The van der Waals surface area contributed by atoms with E-state index in [0.717, 1.165) is 0 Å². The molecule has 1 aromatic heterocycles. The second-order valence-corrected chi connectivity index (χ2v) is 9.78. The maximum Gasteiger partial charge on any atom is 0.268 e. The number of aromatic nitrogens is 1. The van der Waals surface area contributed by atoms with Crippen molar-refractivity contribution < 1.29 is 22.2 Å². The van der Waals surface area contributed by atoms with Crippen LogP contribution in [0.15, 0.2) is 53.4 Å². The van der Waals surface area contributed by atoms with Gasteiger partial charge in [0.05, 0.1) is 41.9 Å². The van der Waals surface area contributed by atoms with Gasteiger partial charge in [-0.3, -0.25) is 0 Å². The van der Waals surface area contributed by atoms with Crippen LogP contribution in [0.4, 0.5) is 0 Å². The molecule has 0 N–H and O–H groups in total. The number of methoxy groups -OCH3 is 1. The first-order valence-corrected chi connectivity index (χ1v) is 12.3. The van der Waals surface area contributed by atoms with E-state index < -0.39 is 18.4 Å². The van der Waals surface area contributed by atoms with Crippen molar-refractivity contribution in [2.75, 3.05) is 20.3 Å². The third kappa shape index (κ3) is 4.60. The fourth-order valence-electron chi connectivity index (χ4n) is 3.04. The van der Waals surface area contributed by atoms with Crippen molar-refractivity contribution in [2.45, 2.75) is 24.9 Å². The van der Waals surface area contributed by atoms with E-state index in [1.807, 2.05) is 19.9 Å². The van der Waals surface area contributed by atoms with E-state index >= 15 is 0 Å². The smallest absolute Gasteiger partial charge is 0.268 e. The molecule has 0 unspecified atom stereocenters. The Morgan fingerprint density at radius 1 is 1.03 bits per heavy atom. The molecule has 9 heteroatoms. The second-order valence-electron chi connectivity index (χ2n) is 6.09. The Morgan fingerprint density at radius 2 is 1.69 bits per heavy atom. The summed E-state index contributed by atoms with van der Waals surface area (Å²) in [6.07, 6.45) is 0.331. The quantitative estimate of drug-likeness (QED) is 0.403. The molecule has 0 aliphatic carbocycles. The minimum atomic E-state index is -3.85. The van der Waals surface area contributed by atoms with Gasteiger partial charge in [-0.05, 0) is 38.1 Å². The van der Waals surface area contributed by atoms with Crippen molar-refractivity contribution in [1.29, 1.82) is 0 Å². The Balaban J connectivity index is 2.23. The molecule has 0 saturated carbocycles. The van der Waals surface area contributed by atoms with Gasteiger partial charge in [-0.1, -0.05) is 29.8 Å². The molecule has 156 valence electrons. The van der Waals surface area contributed by atoms with Crippen LogP contribution in [-0.4, -0.2) is 32.7 Å². The monoisotopic (exact) mass is 455 g/mol. The van der Waals surface area contributed by atoms with Crippen molar-refractivity contribution >= 4 is 40.9 Å². The van der Waals surface area contributed by atoms with Gasteiger partial charge >= 0.3 is 0 Å². The summed E-state index contributed by atoms with van der Waals surface area (Å²) in [6.45, 7) is 4.73. The molecule has 29 heavy (non-hydrogen) atoms. The standard InChI is InChI=1S/C20H23ClNO5PS/c1-4-26-28(27-5-2)14-16-11-15-12-18(21)20(25-3)13-19(15)22(16)29(23,24)17-9-7-6-8-10-17/h6-13H,4-5,14H2,1-3H3. The molecule has 0 saturated heterocycles. The Hall–Kier alpha value is -1.63. The van der Waals surface area contributed by atoms with Gasteiger partial charge in [-0.2, -0.15) is 0 Å². The Bertz CT molecular complexity index is 1080. The molecule has 1 heterocycles. The number of ether oxygens (including phenoxy) is 1. The largest absolute Gasteiger partial charge is 0.495 e. The normalized spacial score (nSPS) is 12.0. The zero-order valence-corrected chi connectivity index (χ0v) is 18.9. The zero-order valence-electron chi connectivity index (χ0n) is 16.5. The van der Waals surface area contributed by atoms with Crippen LogP contribution in [0.3, 0.4) is 0 Å². The summed E-state index contributed by atoms with van der Waals surface area (Å²) in [5, 5.41) is 1.12. The summed E-state index contributed by atoms with van der Waals surface area (Å²) in [7, 11) is -3.63. The number of fused-ring (bicyclic) bond motifs is 1. The van der Waals surface area contributed by atoms with E-state index in [-0.39, 0.29) is 4.90 Å². The van der Waals surface area contributed by atoms with Gasteiger partial charge in [0.1, 0.15) is 5.75 Å². The zero-order chi connectivity index (χ0) is 21.0. The molecule has 3 rings (SSSR count). The molecule has 0 fully saturated rings. The Labute approximate surface area is 177 Å². The molecule has 0 radical (unpaired) electrons. The average Bonchev–Trinajstić information content (AvgIpc) is 3.05. The van der Waals surface area contributed by atoms with Gasteiger partial charge < -0.3 is 13.8 Å². The third-order valence-corrected chi connectivity index (χ3v) is 7.97. The lowest BCUT2D eigenvalue weighted by Gasteiger charge is -2.18. The third-order valence-electron chi connectivity index (χ3n) is 4.22. The lowest BCUT2D eigenvalue weighted by Crippen LogP contribution is -2.16. The van der Waals surface area contributed by atoms with Crippen LogP contribution in [0.2, 0.25) is 5.02 Å². The first kappa shape index (κ1) is 22.1. The highest BCUT2D eigenvalue weighted by atomic mass is 35.5. The van der Waals surface area contributed by atoms with Crippen molar-refractivity contribution in [1.82, 2.24) is 3.97 Å². The minimum Gasteiger partial charge on any atom is -0.495 e. The van der Waals surface area contributed by atoms with E-state index in [2.05, 4.69) is 0 Å². The molecule has 2 aromatic carbocycles. The fourth-order valence-corrected chi connectivity index (χ4v) is 6.27.